The zero-order valence-electron chi connectivity index (χ0n) is 19.5. The molecule has 13 heteroatoms. The van der Waals surface area contributed by atoms with Gasteiger partial charge in [0.2, 0.25) is 6.79 Å². The summed E-state index contributed by atoms with van der Waals surface area (Å²) in [7, 11) is 3.20. The average molecular weight is 513 g/mol. The second-order valence-electron chi connectivity index (χ2n) is 8.48. The third kappa shape index (κ3) is 4.14. The smallest absolute Gasteiger partial charge is 0.231 e. The maximum Gasteiger partial charge on any atom is 0.231 e. The highest BCUT2D eigenvalue weighted by Gasteiger charge is 2.49. The van der Waals surface area contributed by atoms with E-state index in [1.54, 1.807) is 25.0 Å². The van der Waals surface area contributed by atoms with Gasteiger partial charge in [-0.1, -0.05) is 0 Å². The van der Waals surface area contributed by atoms with Gasteiger partial charge >= 0.3 is 0 Å². The first kappa shape index (κ1) is 22.8. The summed E-state index contributed by atoms with van der Waals surface area (Å²) in [4.78, 5) is 0. The summed E-state index contributed by atoms with van der Waals surface area (Å²) in [6.07, 6.45) is -0.457. The molecular formula is C23H24N6O6S. The molecule has 2 saturated heterocycles. The molecule has 3 aliphatic heterocycles. The van der Waals surface area contributed by atoms with Gasteiger partial charge in [-0.05, 0) is 40.8 Å². The lowest BCUT2D eigenvalue weighted by Crippen LogP contribution is -2.45. The number of benzene rings is 2. The highest BCUT2D eigenvalue weighted by atomic mass is 32.1. The van der Waals surface area contributed by atoms with Gasteiger partial charge in [0.15, 0.2) is 22.4 Å². The Labute approximate surface area is 211 Å². The van der Waals surface area contributed by atoms with Crippen LogP contribution in [-0.2, 0) is 9.47 Å². The van der Waals surface area contributed by atoms with Crippen molar-refractivity contribution in [1.29, 1.82) is 0 Å². The minimum absolute atomic E-state index is 0.141. The van der Waals surface area contributed by atoms with E-state index in [2.05, 4.69) is 26.2 Å². The number of aromatic nitrogens is 4. The number of anilines is 1. The molecule has 2 fully saturated rings. The van der Waals surface area contributed by atoms with Gasteiger partial charge in [0, 0.05) is 29.4 Å². The lowest BCUT2D eigenvalue weighted by Gasteiger charge is -2.20. The molecule has 0 amide bonds. The van der Waals surface area contributed by atoms with Crippen LogP contribution in [0.15, 0.2) is 36.4 Å². The number of hydrogen-bond donors (Lipinski definition) is 2. The molecule has 0 bridgehead atoms. The Hall–Kier alpha value is -3.68. The summed E-state index contributed by atoms with van der Waals surface area (Å²) in [5, 5.41) is 19.3. The van der Waals surface area contributed by atoms with Crippen molar-refractivity contribution in [3.63, 3.8) is 0 Å². The Kier molecular flexibility index (Phi) is 5.95. The monoisotopic (exact) mass is 512 g/mol. The standard InChI is InChI=1S/C23H24N6O6S/c1-30-14-6-13(7-15(8-14)31-2)24-23(36)25-16-9-32-21-17(10-33-20(16)21)29-22(26-27-28-29)12-3-4-18-19(5-12)35-11-34-18/h3-8,16-17,20-21H,9-11H2,1-2H3,(H2,24,25,36)/t16-,17+,20-,21+/m1/s1. The Bertz CT molecular complexity index is 1270. The van der Waals surface area contributed by atoms with E-state index < -0.39 is 0 Å². The van der Waals surface area contributed by atoms with Gasteiger partial charge in [-0.25, -0.2) is 4.68 Å². The van der Waals surface area contributed by atoms with Crippen LogP contribution in [0.3, 0.4) is 0 Å². The van der Waals surface area contributed by atoms with Crippen molar-refractivity contribution in [3.05, 3.63) is 36.4 Å². The summed E-state index contributed by atoms with van der Waals surface area (Å²) < 4.78 is 35.6. The first-order valence-corrected chi connectivity index (χ1v) is 11.8. The van der Waals surface area contributed by atoms with Gasteiger partial charge in [-0.15, -0.1) is 5.10 Å². The first-order valence-electron chi connectivity index (χ1n) is 11.3. The van der Waals surface area contributed by atoms with Gasteiger partial charge in [0.25, 0.3) is 0 Å². The number of nitrogens with one attached hydrogen (secondary N) is 2. The zero-order valence-corrected chi connectivity index (χ0v) is 20.4. The van der Waals surface area contributed by atoms with Crippen molar-refractivity contribution in [2.24, 2.45) is 0 Å². The SMILES string of the molecule is COc1cc(NC(=S)N[C@@H]2CO[C@@H]3[C@@H]2OC[C@@H]3n2nnnc2-c2ccc3c(c2)OCO3)cc(OC)c1. The van der Waals surface area contributed by atoms with Crippen LogP contribution in [0.2, 0.25) is 0 Å². The van der Waals surface area contributed by atoms with Crippen LogP contribution in [0.4, 0.5) is 5.69 Å². The lowest BCUT2D eigenvalue weighted by molar-refractivity contribution is 0.0626. The Morgan fingerprint density at radius 3 is 2.58 bits per heavy atom. The minimum atomic E-state index is -0.238. The third-order valence-electron chi connectivity index (χ3n) is 6.39. The number of hydrogen-bond acceptors (Lipinski definition) is 10. The van der Waals surface area contributed by atoms with Crippen molar-refractivity contribution in [1.82, 2.24) is 25.5 Å². The van der Waals surface area contributed by atoms with Gasteiger partial charge in [0.1, 0.15) is 29.7 Å². The third-order valence-corrected chi connectivity index (χ3v) is 6.61. The molecule has 1 aromatic heterocycles. The molecule has 6 rings (SSSR count). The molecular weight excluding hydrogens is 488 g/mol. The molecule has 4 atom stereocenters. The van der Waals surface area contributed by atoms with Crippen LogP contribution in [0.25, 0.3) is 11.4 Å². The number of rotatable bonds is 6. The fourth-order valence-electron chi connectivity index (χ4n) is 4.67. The molecule has 3 aromatic rings. The number of tetrazole rings is 1. The Morgan fingerprint density at radius 1 is 1.00 bits per heavy atom. The van der Waals surface area contributed by atoms with E-state index in [0.29, 0.717) is 47.1 Å². The normalized spacial score (nSPS) is 23.8. The molecule has 3 aliphatic rings. The lowest BCUT2D eigenvalue weighted by atomic mass is 10.1. The second kappa shape index (κ2) is 9.41. The largest absolute Gasteiger partial charge is 0.497 e. The molecule has 4 heterocycles. The number of fused-ring (bicyclic) bond motifs is 2. The molecule has 2 N–H and O–H groups in total. The minimum Gasteiger partial charge on any atom is -0.497 e. The van der Waals surface area contributed by atoms with E-state index >= 15 is 0 Å². The predicted octanol–water partition coefficient (Wildman–Crippen LogP) is 1.78. The van der Waals surface area contributed by atoms with Crippen molar-refractivity contribution < 1.29 is 28.4 Å². The average Bonchev–Trinajstić information content (AvgIpc) is 3.68. The maximum atomic E-state index is 6.14. The Morgan fingerprint density at radius 2 is 1.78 bits per heavy atom. The highest BCUT2D eigenvalue weighted by molar-refractivity contribution is 7.80. The van der Waals surface area contributed by atoms with Crippen LogP contribution in [0.1, 0.15) is 6.04 Å². The molecule has 0 saturated carbocycles. The van der Waals surface area contributed by atoms with E-state index in [9.17, 15) is 0 Å². The van der Waals surface area contributed by atoms with Crippen LogP contribution in [0, 0.1) is 0 Å². The van der Waals surface area contributed by atoms with Gasteiger partial charge in [-0.2, -0.15) is 0 Å². The number of ether oxygens (including phenoxy) is 6. The number of nitrogens with zero attached hydrogens (tertiary/aromatic N) is 4. The van der Waals surface area contributed by atoms with Gasteiger partial charge in [-0.3, -0.25) is 0 Å². The van der Waals surface area contributed by atoms with E-state index in [-0.39, 0.29) is 31.1 Å². The quantitative estimate of drug-likeness (QED) is 0.468. The molecule has 12 nitrogen and oxygen atoms in total. The van der Waals surface area contributed by atoms with E-state index in [1.165, 1.54) is 0 Å². The number of thiocarbonyl (C=S) groups is 1. The molecule has 36 heavy (non-hydrogen) atoms. The van der Waals surface area contributed by atoms with Crippen LogP contribution < -0.4 is 29.6 Å². The van der Waals surface area contributed by atoms with Gasteiger partial charge < -0.3 is 39.1 Å². The van der Waals surface area contributed by atoms with Crippen molar-refractivity contribution >= 4 is 23.0 Å². The first-order chi connectivity index (χ1) is 17.6. The van der Waals surface area contributed by atoms with Crippen LogP contribution >= 0.6 is 12.2 Å². The summed E-state index contributed by atoms with van der Waals surface area (Å²) in [5.74, 6) is 3.29. The fraction of sp³-hybridized carbons (Fsp3) is 0.391. The summed E-state index contributed by atoms with van der Waals surface area (Å²) in [6, 6.07) is 10.8. The van der Waals surface area contributed by atoms with E-state index in [4.69, 9.17) is 40.6 Å². The van der Waals surface area contributed by atoms with Crippen molar-refractivity contribution in [2.45, 2.75) is 24.3 Å². The molecule has 0 spiro atoms. The highest BCUT2D eigenvalue weighted by Crippen LogP contribution is 2.38. The molecule has 0 unspecified atom stereocenters. The zero-order chi connectivity index (χ0) is 24.6. The summed E-state index contributed by atoms with van der Waals surface area (Å²) >= 11 is 5.55. The molecule has 188 valence electrons. The fourth-order valence-corrected chi connectivity index (χ4v) is 4.94. The maximum absolute atomic E-state index is 6.14. The Balaban J connectivity index is 1.14. The van der Waals surface area contributed by atoms with E-state index in [1.807, 2.05) is 30.3 Å². The van der Waals surface area contributed by atoms with Crippen LogP contribution in [-0.4, -0.2) is 77.8 Å². The van der Waals surface area contributed by atoms with Crippen molar-refractivity contribution in [3.8, 4) is 34.4 Å². The molecule has 0 aliphatic carbocycles. The summed E-state index contributed by atoms with van der Waals surface area (Å²) in [6.45, 7) is 1.04. The molecule has 2 aromatic carbocycles. The van der Waals surface area contributed by atoms with Gasteiger partial charge in [0.05, 0.1) is 33.5 Å². The summed E-state index contributed by atoms with van der Waals surface area (Å²) in [5.41, 5.74) is 1.56. The number of methoxy groups -OCH3 is 2. The van der Waals surface area contributed by atoms with E-state index in [0.717, 1.165) is 11.3 Å². The topological polar surface area (TPSA) is 123 Å². The second-order valence-corrected chi connectivity index (χ2v) is 8.89. The van der Waals surface area contributed by atoms with Crippen LogP contribution in [0.5, 0.6) is 23.0 Å². The molecule has 0 radical (unpaired) electrons. The van der Waals surface area contributed by atoms with Crippen molar-refractivity contribution in [2.75, 3.05) is 39.5 Å². The predicted molar refractivity (Wildman–Crippen MR) is 131 cm³/mol.